The van der Waals surface area contributed by atoms with Gasteiger partial charge in [0.15, 0.2) is 5.82 Å². The molecule has 3 nitrogen and oxygen atoms in total. The fraction of sp³-hybridized carbons (Fsp3) is 0. The Balaban J connectivity index is 2.01. The molecule has 2 aromatic carbocycles. The summed E-state index contributed by atoms with van der Waals surface area (Å²) in [5.41, 5.74) is 1.89. The molecule has 0 aliphatic rings. The van der Waals surface area contributed by atoms with Crippen molar-refractivity contribution in [2.75, 3.05) is 0 Å². The van der Waals surface area contributed by atoms with Crippen molar-refractivity contribution < 1.29 is 5.11 Å². The molecule has 4 heteroatoms. The third kappa shape index (κ3) is 1.54. The van der Waals surface area contributed by atoms with Crippen LogP contribution in [0, 0.1) is 0 Å². The first-order valence-corrected chi connectivity index (χ1v) is 6.80. The maximum Gasteiger partial charge on any atom is 0.152 e. The second kappa shape index (κ2) is 3.83. The molecular formula is C15H10N2OS. The first-order valence-electron chi connectivity index (χ1n) is 5.98. The number of nitrogens with zero attached hydrogens (tertiary/aromatic N) is 1. The second-order valence-corrected chi connectivity index (χ2v) is 5.43. The summed E-state index contributed by atoms with van der Waals surface area (Å²) in [6.45, 7) is 0. The Bertz CT molecular complexity index is 858. The summed E-state index contributed by atoms with van der Waals surface area (Å²) in [7, 11) is 0. The van der Waals surface area contributed by atoms with Gasteiger partial charge in [-0.25, -0.2) is 4.98 Å². The van der Waals surface area contributed by atoms with Gasteiger partial charge in [0.2, 0.25) is 0 Å². The third-order valence-corrected chi connectivity index (χ3v) is 4.34. The highest BCUT2D eigenvalue weighted by Gasteiger charge is 2.15. The van der Waals surface area contributed by atoms with Crippen LogP contribution in [0.2, 0.25) is 0 Å². The van der Waals surface area contributed by atoms with Gasteiger partial charge in [0.05, 0.1) is 11.0 Å². The Kier molecular flexibility index (Phi) is 2.13. The quantitative estimate of drug-likeness (QED) is 0.543. The molecule has 0 atom stereocenters. The van der Waals surface area contributed by atoms with Crippen LogP contribution in [-0.2, 0) is 0 Å². The number of hydrogen-bond acceptors (Lipinski definition) is 3. The number of aromatic amines is 1. The van der Waals surface area contributed by atoms with Gasteiger partial charge in [-0.3, -0.25) is 0 Å². The molecule has 19 heavy (non-hydrogen) atoms. The molecule has 4 rings (SSSR count). The van der Waals surface area contributed by atoms with Crippen molar-refractivity contribution >= 4 is 32.5 Å². The molecule has 0 aliphatic heterocycles. The molecule has 0 radical (unpaired) electrons. The lowest BCUT2D eigenvalue weighted by molar-refractivity contribution is 0.485. The van der Waals surface area contributed by atoms with Crippen LogP contribution in [0.15, 0.2) is 48.5 Å². The number of thiophene rings is 1. The molecule has 2 N–H and O–H groups in total. The smallest absolute Gasteiger partial charge is 0.152 e. The number of aromatic hydroxyl groups is 1. The topological polar surface area (TPSA) is 48.9 Å². The average molecular weight is 266 g/mol. The van der Waals surface area contributed by atoms with Crippen LogP contribution < -0.4 is 0 Å². The van der Waals surface area contributed by atoms with Crippen molar-refractivity contribution in [1.29, 1.82) is 0 Å². The van der Waals surface area contributed by atoms with Crippen LogP contribution in [0.3, 0.4) is 0 Å². The minimum atomic E-state index is 0.305. The molecular weight excluding hydrogens is 256 g/mol. The fourth-order valence-electron chi connectivity index (χ4n) is 2.25. The summed E-state index contributed by atoms with van der Waals surface area (Å²) in [6, 6.07) is 15.7. The number of fused-ring (bicyclic) bond motifs is 2. The number of benzene rings is 2. The van der Waals surface area contributed by atoms with Crippen LogP contribution in [0.25, 0.3) is 31.8 Å². The van der Waals surface area contributed by atoms with Crippen molar-refractivity contribution in [3.63, 3.8) is 0 Å². The zero-order chi connectivity index (χ0) is 12.8. The molecule has 92 valence electrons. The van der Waals surface area contributed by atoms with Crippen LogP contribution >= 0.6 is 11.3 Å². The average Bonchev–Trinajstić information content (AvgIpc) is 3.00. The monoisotopic (exact) mass is 266 g/mol. The van der Waals surface area contributed by atoms with Crippen molar-refractivity contribution in [2.45, 2.75) is 0 Å². The zero-order valence-electron chi connectivity index (χ0n) is 9.92. The van der Waals surface area contributed by atoms with E-state index in [0.29, 0.717) is 5.75 Å². The minimum absolute atomic E-state index is 0.305. The molecule has 0 saturated heterocycles. The van der Waals surface area contributed by atoms with E-state index in [4.69, 9.17) is 0 Å². The number of imidazole rings is 1. The highest BCUT2D eigenvalue weighted by molar-refractivity contribution is 7.22. The number of nitrogens with one attached hydrogen (secondary N) is 1. The van der Waals surface area contributed by atoms with E-state index in [1.165, 1.54) is 0 Å². The summed E-state index contributed by atoms with van der Waals surface area (Å²) in [5, 5.41) is 11.2. The van der Waals surface area contributed by atoms with Gasteiger partial charge in [-0.2, -0.15) is 0 Å². The molecule has 0 fully saturated rings. The third-order valence-electron chi connectivity index (χ3n) is 3.17. The molecule has 4 aromatic rings. The number of hydrogen-bond donors (Lipinski definition) is 2. The zero-order valence-corrected chi connectivity index (χ0v) is 10.7. The van der Waals surface area contributed by atoms with Gasteiger partial charge >= 0.3 is 0 Å². The van der Waals surface area contributed by atoms with E-state index in [0.717, 1.165) is 31.8 Å². The maximum atomic E-state index is 10.3. The summed E-state index contributed by atoms with van der Waals surface area (Å²) >= 11 is 1.55. The molecule has 2 heterocycles. The van der Waals surface area contributed by atoms with E-state index in [2.05, 4.69) is 9.97 Å². The fourth-order valence-corrected chi connectivity index (χ4v) is 3.29. The Morgan fingerprint density at radius 1 is 1.00 bits per heavy atom. The van der Waals surface area contributed by atoms with Crippen molar-refractivity contribution in [2.24, 2.45) is 0 Å². The summed E-state index contributed by atoms with van der Waals surface area (Å²) in [5.74, 6) is 1.03. The van der Waals surface area contributed by atoms with E-state index in [-0.39, 0.29) is 0 Å². The largest absolute Gasteiger partial charge is 0.506 e. The predicted octanol–water partition coefficient (Wildman–Crippen LogP) is 4.15. The molecule has 2 aromatic heterocycles. The van der Waals surface area contributed by atoms with Crippen molar-refractivity contribution in [3.05, 3.63) is 48.5 Å². The molecule has 0 aliphatic carbocycles. The minimum Gasteiger partial charge on any atom is -0.506 e. The van der Waals surface area contributed by atoms with Crippen LogP contribution in [-0.4, -0.2) is 15.1 Å². The van der Waals surface area contributed by atoms with Crippen molar-refractivity contribution in [3.8, 4) is 16.5 Å². The van der Waals surface area contributed by atoms with Gasteiger partial charge in [-0.1, -0.05) is 24.3 Å². The summed E-state index contributed by atoms with van der Waals surface area (Å²) in [6.07, 6.45) is 0. The van der Waals surface area contributed by atoms with Crippen LogP contribution in [0.1, 0.15) is 0 Å². The SMILES string of the molecule is Oc1c(-c2nc3ccccc3[nH]2)sc2ccccc12. The molecule has 0 saturated carbocycles. The highest BCUT2D eigenvalue weighted by atomic mass is 32.1. The lowest BCUT2D eigenvalue weighted by Gasteiger charge is -1.92. The van der Waals surface area contributed by atoms with Crippen LogP contribution in [0.5, 0.6) is 5.75 Å². The Morgan fingerprint density at radius 3 is 2.63 bits per heavy atom. The molecule has 0 spiro atoms. The molecule has 0 amide bonds. The van der Waals surface area contributed by atoms with E-state index in [1.807, 2.05) is 48.5 Å². The molecule has 0 bridgehead atoms. The van der Waals surface area contributed by atoms with Gasteiger partial charge in [-0.15, -0.1) is 11.3 Å². The van der Waals surface area contributed by atoms with Gasteiger partial charge < -0.3 is 10.1 Å². The Morgan fingerprint density at radius 2 is 1.79 bits per heavy atom. The van der Waals surface area contributed by atoms with E-state index in [1.54, 1.807) is 11.3 Å². The Labute approximate surface area is 113 Å². The normalized spacial score (nSPS) is 11.4. The lowest BCUT2D eigenvalue weighted by atomic mass is 10.2. The number of H-pyrrole nitrogens is 1. The number of aromatic nitrogens is 2. The molecule has 0 unspecified atom stereocenters. The van der Waals surface area contributed by atoms with Gasteiger partial charge in [0, 0.05) is 10.1 Å². The lowest BCUT2D eigenvalue weighted by Crippen LogP contribution is -1.74. The predicted molar refractivity (Wildman–Crippen MR) is 78.6 cm³/mol. The first kappa shape index (κ1) is 10.6. The highest BCUT2D eigenvalue weighted by Crippen LogP contribution is 2.42. The van der Waals surface area contributed by atoms with E-state index in [9.17, 15) is 5.11 Å². The standard InChI is InChI=1S/C15H10N2OS/c18-13-9-5-1-4-8-12(9)19-14(13)15-16-10-6-2-3-7-11(10)17-15/h1-8,18H,(H,16,17). The van der Waals surface area contributed by atoms with E-state index < -0.39 is 0 Å². The second-order valence-electron chi connectivity index (χ2n) is 4.38. The van der Waals surface area contributed by atoms with Crippen molar-refractivity contribution in [1.82, 2.24) is 9.97 Å². The van der Waals surface area contributed by atoms with E-state index >= 15 is 0 Å². The number of rotatable bonds is 1. The van der Waals surface area contributed by atoms with Crippen LogP contribution in [0.4, 0.5) is 0 Å². The van der Waals surface area contributed by atoms with Gasteiger partial charge in [-0.05, 0) is 24.3 Å². The summed E-state index contributed by atoms with van der Waals surface area (Å²) in [4.78, 5) is 8.58. The first-order chi connectivity index (χ1) is 9.33. The Hall–Kier alpha value is -2.33. The number of para-hydroxylation sites is 2. The maximum absolute atomic E-state index is 10.3. The van der Waals surface area contributed by atoms with Gasteiger partial charge in [0.25, 0.3) is 0 Å². The van der Waals surface area contributed by atoms with Gasteiger partial charge in [0.1, 0.15) is 10.6 Å². The summed E-state index contributed by atoms with van der Waals surface area (Å²) < 4.78 is 1.07.